The van der Waals surface area contributed by atoms with Crippen molar-refractivity contribution < 1.29 is 24.2 Å². The Morgan fingerprint density at radius 3 is 1.16 bits per heavy atom. The number of piperazine rings is 1. The summed E-state index contributed by atoms with van der Waals surface area (Å²) >= 11 is 0. The number of unbranched alkanes of at least 4 members (excludes halogenated alkanes) is 22. The number of nitrogens with zero attached hydrogens (tertiary/aromatic N) is 1. The van der Waals surface area contributed by atoms with Crippen LogP contribution in [0.2, 0.25) is 0 Å². The van der Waals surface area contributed by atoms with E-state index in [0.29, 0.717) is 25.3 Å². The van der Waals surface area contributed by atoms with E-state index in [4.69, 9.17) is 9.47 Å². The monoisotopic (exact) mass is 821 g/mol. The number of carbonyl (C=O) groups excluding carboxylic acids is 2. The Hall–Kier alpha value is -1.18. The average molecular weight is 821 g/mol. The highest BCUT2D eigenvalue weighted by atomic mass is 16.5. The maximum absolute atomic E-state index is 13.0. The van der Waals surface area contributed by atoms with Crippen molar-refractivity contribution in [3.05, 3.63) is 0 Å². The lowest BCUT2D eigenvalue weighted by Crippen LogP contribution is -2.56. The van der Waals surface area contributed by atoms with Crippen molar-refractivity contribution in [1.29, 1.82) is 0 Å². The number of esters is 2. The third kappa shape index (κ3) is 31.7. The summed E-state index contributed by atoms with van der Waals surface area (Å²) in [6.45, 7) is 13.5. The summed E-state index contributed by atoms with van der Waals surface area (Å²) in [7, 11) is 0. The predicted molar refractivity (Wildman–Crippen MR) is 247 cm³/mol. The molecule has 1 saturated heterocycles. The van der Waals surface area contributed by atoms with Crippen LogP contribution in [0.15, 0.2) is 0 Å². The summed E-state index contributed by atoms with van der Waals surface area (Å²) in [6, 6.07) is 0.993. The SMILES string of the molecule is CCCCCCCC(CCCCCCC)C(=O)OCCCCCCC1CN(CCCO)CC(CCCCCCOC(=O)C(CCCCCCC)CCCCCCC)N1. The summed E-state index contributed by atoms with van der Waals surface area (Å²) in [6.07, 6.45) is 41.0. The first-order valence-corrected chi connectivity index (χ1v) is 25.9. The summed E-state index contributed by atoms with van der Waals surface area (Å²) in [5, 5.41) is 13.5. The number of aliphatic hydroxyl groups excluding tert-OH is 1. The van der Waals surface area contributed by atoms with Gasteiger partial charge < -0.3 is 24.8 Å². The quantitative estimate of drug-likeness (QED) is 0.0468. The lowest BCUT2D eigenvalue weighted by Gasteiger charge is -2.39. The fraction of sp³-hybridized carbons (Fsp3) is 0.961. The van der Waals surface area contributed by atoms with Crippen LogP contribution in [0.25, 0.3) is 0 Å². The zero-order valence-electron chi connectivity index (χ0n) is 39.3. The van der Waals surface area contributed by atoms with Crippen LogP contribution in [0.1, 0.15) is 252 Å². The average Bonchev–Trinajstić information content (AvgIpc) is 3.23. The second kappa shape index (κ2) is 41.2. The van der Waals surface area contributed by atoms with Gasteiger partial charge in [0.05, 0.1) is 25.0 Å². The second-order valence-corrected chi connectivity index (χ2v) is 18.3. The maximum atomic E-state index is 13.0. The van der Waals surface area contributed by atoms with E-state index < -0.39 is 0 Å². The van der Waals surface area contributed by atoms with Gasteiger partial charge in [0, 0.05) is 38.3 Å². The van der Waals surface area contributed by atoms with Gasteiger partial charge in [0.25, 0.3) is 0 Å². The molecule has 0 aliphatic carbocycles. The van der Waals surface area contributed by atoms with E-state index in [1.54, 1.807) is 0 Å². The molecule has 0 bridgehead atoms. The Morgan fingerprint density at radius 2 is 0.810 bits per heavy atom. The van der Waals surface area contributed by atoms with Gasteiger partial charge in [-0.3, -0.25) is 9.59 Å². The van der Waals surface area contributed by atoms with Crippen LogP contribution in [-0.2, 0) is 19.1 Å². The molecule has 7 heteroatoms. The maximum Gasteiger partial charge on any atom is 0.308 e. The highest BCUT2D eigenvalue weighted by Gasteiger charge is 2.26. The first-order chi connectivity index (χ1) is 28.5. The van der Waals surface area contributed by atoms with Crippen molar-refractivity contribution in [1.82, 2.24) is 10.2 Å². The van der Waals surface area contributed by atoms with E-state index in [9.17, 15) is 14.7 Å². The summed E-state index contributed by atoms with van der Waals surface area (Å²) in [5.74, 6) is 0.305. The van der Waals surface area contributed by atoms with Crippen LogP contribution in [0.3, 0.4) is 0 Å². The van der Waals surface area contributed by atoms with Gasteiger partial charge in [-0.2, -0.15) is 0 Å². The van der Waals surface area contributed by atoms with Crippen molar-refractivity contribution in [2.45, 2.75) is 265 Å². The standard InChI is InChI=1S/C51H100N2O5/c1-5-9-13-17-25-34-46(35-26-18-14-10-6-2)50(55)57-42-31-23-21-29-38-48-44-53(40-33-41-54)45-49(52-48)39-30-22-24-32-43-58-51(56)47(36-27-19-15-11-7-3)37-28-20-16-12-8-4/h46-49,52,54H,5-45H2,1-4H3. The van der Waals surface area contributed by atoms with Gasteiger partial charge in [-0.05, 0) is 57.8 Å². The van der Waals surface area contributed by atoms with E-state index >= 15 is 0 Å². The molecule has 0 aromatic rings. The van der Waals surface area contributed by atoms with Gasteiger partial charge >= 0.3 is 11.9 Å². The minimum Gasteiger partial charge on any atom is -0.465 e. The molecule has 0 aromatic carbocycles. The van der Waals surface area contributed by atoms with Crippen LogP contribution in [-0.4, -0.2) is 73.5 Å². The molecule has 0 radical (unpaired) electrons. The molecule has 0 spiro atoms. The van der Waals surface area contributed by atoms with E-state index in [1.807, 2.05) is 0 Å². The molecule has 0 aromatic heterocycles. The number of hydrogen-bond donors (Lipinski definition) is 2. The molecule has 2 N–H and O–H groups in total. The first kappa shape index (κ1) is 54.8. The highest BCUT2D eigenvalue weighted by molar-refractivity contribution is 5.72. The van der Waals surface area contributed by atoms with Gasteiger partial charge in [0.15, 0.2) is 0 Å². The molecule has 2 atom stereocenters. The van der Waals surface area contributed by atoms with Gasteiger partial charge in [-0.15, -0.1) is 0 Å². The van der Waals surface area contributed by atoms with Crippen LogP contribution >= 0.6 is 0 Å². The largest absolute Gasteiger partial charge is 0.465 e. The molecule has 1 aliphatic heterocycles. The Morgan fingerprint density at radius 1 is 0.483 bits per heavy atom. The lowest BCUT2D eigenvalue weighted by atomic mass is 9.94. The predicted octanol–water partition coefficient (Wildman–Crippen LogP) is 13.7. The summed E-state index contributed by atoms with van der Waals surface area (Å²) in [4.78, 5) is 28.6. The van der Waals surface area contributed by atoms with Gasteiger partial charge in [-0.25, -0.2) is 0 Å². The third-order valence-electron chi connectivity index (χ3n) is 12.7. The minimum absolute atomic E-state index is 0.0607. The van der Waals surface area contributed by atoms with E-state index in [0.717, 1.165) is 103 Å². The number of carbonyl (C=O) groups is 2. The molecular weight excluding hydrogens is 721 g/mol. The van der Waals surface area contributed by atoms with E-state index in [-0.39, 0.29) is 30.4 Å². The molecule has 1 rings (SSSR count). The van der Waals surface area contributed by atoms with Crippen molar-refractivity contribution in [3.63, 3.8) is 0 Å². The number of ether oxygens (including phenoxy) is 2. The van der Waals surface area contributed by atoms with Crippen LogP contribution in [0, 0.1) is 11.8 Å². The van der Waals surface area contributed by atoms with Crippen LogP contribution < -0.4 is 5.32 Å². The van der Waals surface area contributed by atoms with Crippen LogP contribution in [0.5, 0.6) is 0 Å². The second-order valence-electron chi connectivity index (χ2n) is 18.3. The van der Waals surface area contributed by atoms with Crippen molar-refractivity contribution in [3.8, 4) is 0 Å². The Bertz CT molecular complexity index is 808. The van der Waals surface area contributed by atoms with Crippen LogP contribution in [0.4, 0.5) is 0 Å². The Kier molecular flexibility index (Phi) is 38.9. The Labute approximate surface area is 361 Å². The smallest absolute Gasteiger partial charge is 0.308 e. The highest BCUT2D eigenvalue weighted by Crippen LogP contribution is 2.23. The first-order valence-electron chi connectivity index (χ1n) is 25.9. The van der Waals surface area contributed by atoms with Gasteiger partial charge in [0.1, 0.15) is 0 Å². The third-order valence-corrected chi connectivity index (χ3v) is 12.7. The number of aliphatic hydroxyl groups is 1. The van der Waals surface area contributed by atoms with E-state index in [1.165, 1.54) is 141 Å². The zero-order valence-corrected chi connectivity index (χ0v) is 39.3. The molecule has 0 saturated carbocycles. The molecule has 7 nitrogen and oxygen atoms in total. The zero-order chi connectivity index (χ0) is 42.2. The summed E-state index contributed by atoms with van der Waals surface area (Å²) < 4.78 is 11.7. The Balaban J connectivity index is 2.35. The van der Waals surface area contributed by atoms with Crippen molar-refractivity contribution in [2.24, 2.45) is 11.8 Å². The molecule has 1 fully saturated rings. The normalized spacial score (nSPS) is 16.1. The molecular formula is C51H100N2O5. The van der Waals surface area contributed by atoms with E-state index in [2.05, 4.69) is 37.9 Å². The van der Waals surface area contributed by atoms with Crippen molar-refractivity contribution >= 4 is 11.9 Å². The van der Waals surface area contributed by atoms with Gasteiger partial charge in [-0.1, -0.05) is 195 Å². The lowest BCUT2D eigenvalue weighted by molar-refractivity contribution is -0.150. The fourth-order valence-electron chi connectivity index (χ4n) is 8.97. The number of rotatable bonds is 43. The number of hydrogen-bond acceptors (Lipinski definition) is 7. The molecule has 0 amide bonds. The molecule has 2 unspecified atom stereocenters. The molecule has 344 valence electrons. The topological polar surface area (TPSA) is 88.1 Å². The molecule has 1 aliphatic rings. The minimum atomic E-state index is 0.0607. The molecule has 1 heterocycles. The van der Waals surface area contributed by atoms with Crippen molar-refractivity contribution in [2.75, 3.05) is 39.5 Å². The molecule has 58 heavy (non-hydrogen) atoms. The summed E-state index contributed by atoms with van der Waals surface area (Å²) in [5.41, 5.74) is 0. The van der Waals surface area contributed by atoms with Gasteiger partial charge in [0.2, 0.25) is 0 Å². The number of nitrogens with one attached hydrogen (secondary N) is 1. The fourth-order valence-corrected chi connectivity index (χ4v) is 8.97.